The van der Waals surface area contributed by atoms with E-state index in [1.165, 1.54) is 0 Å². The number of hydrogen-bond acceptors (Lipinski definition) is 4. The molecule has 1 aromatic carbocycles. The van der Waals surface area contributed by atoms with Crippen LogP contribution in [0.4, 0.5) is 5.69 Å². The van der Waals surface area contributed by atoms with Gasteiger partial charge in [-0.2, -0.15) is 0 Å². The monoisotopic (exact) mass is 388 g/mol. The number of nitrogens with one attached hydrogen (secondary N) is 1. The van der Waals surface area contributed by atoms with Gasteiger partial charge in [0.15, 0.2) is 0 Å². The number of aryl methyl sites for hydroxylation is 2. The minimum atomic E-state index is -0.120. The Morgan fingerprint density at radius 1 is 1.27 bits per heavy atom. The Morgan fingerprint density at radius 2 is 2.08 bits per heavy atom. The molecule has 0 fully saturated rings. The molecule has 0 spiro atoms. The van der Waals surface area contributed by atoms with Crippen LogP contribution in [0, 0.1) is 6.92 Å². The molecule has 0 aliphatic carbocycles. The van der Waals surface area contributed by atoms with Crippen LogP contribution in [0.25, 0.3) is 10.8 Å². The molecule has 2 heterocycles. The Morgan fingerprint density at radius 3 is 2.73 bits per heavy atom. The molecular formula is C20H21ClN2O2S. The summed E-state index contributed by atoms with van der Waals surface area (Å²) in [7, 11) is 0. The first kappa shape index (κ1) is 18.7. The first-order valence-electron chi connectivity index (χ1n) is 8.63. The Kier molecular flexibility index (Phi) is 5.79. The Balaban J connectivity index is 1.81. The molecule has 0 saturated heterocycles. The summed E-state index contributed by atoms with van der Waals surface area (Å²) in [5.74, 6) is 1.11. The van der Waals surface area contributed by atoms with Crippen LogP contribution >= 0.6 is 22.9 Å². The number of anilines is 1. The summed E-state index contributed by atoms with van der Waals surface area (Å²) >= 11 is 7.87. The number of aromatic nitrogens is 1. The van der Waals surface area contributed by atoms with E-state index in [0.29, 0.717) is 22.4 Å². The molecule has 2 aromatic heterocycles. The zero-order valence-corrected chi connectivity index (χ0v) is 16.6. The third-order valence-corrected chi connectivity index (χ3v) is 5.51. The van der Waals surface area contributed by atoms with Gasteiger partial charge < -0.3 is 9.73 Å². The van der Waals surface area contributed by atoms with Crippen molar-refractivity contribution in [1.82, 2.24) is 4.98 Å². The van der Waals surface area contributed by atoms with Gasteiger partial charge in [-0.05, 0) is 48.4 Å². The van der Waals surface area contributed by atoms with Crippen molar-refractivity contribution in [3.63, 3.8) is 0 Å². The maximum atomic E-state index is 12.6. The van der Waals surface area contributed by atoms with E-state index < -0.39 is 0 Å². The molecule has 0 atom stereocenters. The molecule has 1 amide bonds. The highest BCUT2D eigenvalue weighted by Gasteiger charge is 2.18. The van der Waals surface area contributed by atoms with E-state index in [9.17, 15) is 4.79 Å². The number of oxazole rings is 1. The lowest BCUT2D eigenvalue weighted by Crippen LogP contribution is -2.17. The lowest BCUT2D eigenvalue weighted by molar-refractivity contribution is -0.115. The smallest absolute Gasteiger partial charge is 0.236 e. The molecule has 6 heteroatoms. The fourth-order valence-electron chi connectivity index (χ4n) is 2.90. The van der Waals surface area contributed by atoms with E-state index in [1.54, 1.807) is 11.3 Å². The lowest BCUT2D eigenvalue weighted by atomic mass is 10.0. The second-order valence-electron chi connectivity index (χ2n) is 5.99. The molecule has 0 aliphatic rings. The Bertz CT molecular complexity index is 916. The van der Waals surface area contributed by atoms with E-state index in [4.69, 9.17) is 16.0 Å². The van der Waals surface area contributed by atoms with Crippen molar-refractivity contribution >= 4 is 34.5 Å². The maximum absolute atomic E-state index is 12.6. The van der Waals surface area contributed by atoms with Crippen molar-refractivity contribution in [2.24, 2.45) is 0 Å². The van der Waals surface area contributed by atoms with Gasteiger partial charge in [0, 0.05) is 10.7 Å². The largest absolute Gasteiger partial charge is 0.440 e. The van der Waals surface area contributed by atoms with Crippen LogP contribution < -0.4 is 5.32 Å². The molecule has 3 aromatic rings. The Labute approximate surface area is 162 Å². The van der Waals surface area contributed by atoms with Crippen LogP contribution in [0.15, 0.2) is 34.1 Å². The number of carbonyl (C=O) groups excluding carboxylic acids is 1. The van der Waals surface area contributed by atoms with E-state index in [1.807, 2.05) is 43.5 Å². The zero-order chi connectivity index (χ0) is 18.7. The second kappa shape index (κ2) is 8.06. The number of thiophene rings is 1. The van der Waals surface area contributed by atoms with Gasteiger partial charge in [-0.15, -0.1) is 11.3 Å². The summed E-state index contributed by atoms with van der Waals surface area (Å²) in [5.41, 5.74) is 3.53. The number of rotatable bonds is 6. The standard InChI is InChI=1S/C20H21ClN2O2S/c1-4-13-8-9-15(21)14(5-2)19(13)23-18(24)11-16-12(3)25-20(22-16)17-7-6-10-26-17/h6-10H,4-5,11H2,1-3H3,(H,23,24). The number of carbonyl (C=O) groups is 1. The van der Waals surface area contributed by atoms with Crippen LogP contribution in [0.2, 0.25) is 5.02 Å². The number of nitrogens with zero attached hydrogens (tertiary/aromatic N) is 1. The lowest BCUT2D eigenvalue weighted by Gasteiger charge is -2.15. The quantitative estimate of drug-likeness (QED) is 0.591. The van der Waals surface area contributed by atoms with Crippen molar-refractivity contribution in [3.8, 4) is 10.8 Å². The van der Waals surface area contributed by atoms with Gasteiger partial charge in [-0.1, -0.05) is 37.6 Å². The van der Waals surface area contributed by atoms with Crippen molar-refractivity contribution in [2.45, 2.75) is 40.0 Å². The zero-order valence-electron chi connectivity index (χ0n) is 15.1. The summed E-state index contributed by atoms with van der Waals surface area (Å²) < 4.78 is 5.72. The predicted molar refractivity (Wildman–Crippen MR) is 107 cm³/mol. The highest BCUT2D eigenvalue weighted by atomic mass is 35.5. The molecule has 136 valence electrons. The molecule has 0 aliphatic heterocycles. The minimum absolute atomic E-state index is 0.120. The SMILES string of the molecule is CCc1ccc(Cl)c(CC)c1NC(=O)Cc1nc(-c2cccs2)oc1C. The summed E-state index contributed by atoms with van der Waals surface area (Å²) in [6.07, 6.45) is 1.75. The van der Waals surface area contributed by atoms with Crippen LogP contribution in [0.5, 0.6) is 0 Å². The third kappa shape index (κ3) is 3.84. The number of amides is 1. The molecule has 0 bridgehead atoms. The molecule has 3 rings (SSSR count). The molecule has 4 nitrogen and oxygen atoms in total. The molecule has 0 unspecified atom stereocenters. The second-order valence-corrected chi connectivity index (χ2v) is 7.35. The summed E-state index contributed by atoms with van der Waals surface area (Å²) in [5, 5.41) is 5.69. The first-order chi connectivity index (χ1) is 12.5. The number of hydrogen-bond donors (Lipinski definition) is 1. The van der Waals surface area contributed by atoms with E-state index in [2.05, 4.69) is 17.2 Å². The van der Waals surface area contributed by atoms with Gasteiger partial charge in [0.05, 0.1) is 17.0 Å². The average Bonchev–Trinajstić information content (AvgIpc) is 3.26. The number of halogens is 1. The molecule has 0 saturated carbocycles. The highest BCUT2D eigenvalue weighted by molar-refractivity contribution is 7.13. The van der Waals surface area contributed by atoms with Crippen LogP contribution in [0.3, 0.4) is 0 Å². The summed E-state index contributed by atoms with van der Waals surface area (Å²) in [6.45, 7) is 5.93. The fraction of sp³-hybridized carbons (Fsp3) is 0.300. The predicted octanol–water partition coefficient (Wildman–Crippen LogP) is 5.67. The fourth-order valence-corrected chi connectivity index (χ4v) is 3.84. The van der Waals surface area contributed by atoms with Crippen molar-refractivity contribution in [3.05, 3.63) is 57.2 Å². The van der Waals surface area contributed by atoms with Crippen molar-refractivity contribution in [1.29, 1.82) is 0 Å². The number of benzene rings is 1. The van der Waals surface area contributed by atoms with Crippen LogP contribution in [-0.4, -0.2) is 10.9 Å². The van der Waals surface area contributed by atoms with E-state index in [0.717, 1.165) is 34.5 Å². The molecule has 1 N–H and O–H groups in total. The molecule has 26 heavy (non-hydrogen) atoms. The summed E-state index contributed by atoms with van der Waals surface area (Å²) in [6, 6.07) is 7.76. The van der Waals surface area contributed by atoms with Crippen molar-refractivity contribution in [2.75, 3.05) is 5.32 Å². The van der Waals surface area contributed by atoms with Gasteiger partial charge in [-0.25, -0.2) is 4.98 Å². The topological polar surface area (TPSA) is 55.1 Å². The van der Waals surface area contributed by atoms with Gasteiger partial charge in [0.2, 0.25) is 11.8 Å². The van der Waals surface area contributed by atoms with Gasteiger partial charge in [0.25, 0.3) is 0 Å². The van der Waals surface area contributed by atoms with Crippen LogP contribution in [-0.2, 0) is 24.1 Å². The molecule has 0 radical (unpaired) electrons. The van der Waals surface area contributed by atoms with Gasteiger partial charge >= 0.3 is 0 Å². The minimum Gasteiger partial charge on any atom is -0.440 e. The van der Waals surface area contributed by atoms with Gasteiger partial charge in [0.1, 0.15) is 5.76 Å². The maximum Gasteiger partial charge on any atom is 0.236 e. The summed E-state index contributed by atoms with van der Waals surface area (Å²) in [4.78, 5) is 18.1. The van der Waals surface area contributed by atoms with Gasteiger partial charge in [-0.3, -0.25) is 4.79 Å². The normalized spacial score (nSPS) is 10.9. The Hall–Kier alpha value is -2.11. The first-order valence-corrected chi connectivity index (χ1v) is 9.89. The third-order valence-electron chi connectivity index (χ3n) is 4.29. The van der Waals surface area contributed by atoms with Crippen LogP contribution in [0.1, 0.15) is 36.4 Å². The van der Waals surface area contributed by atoms with Crippen molar-refractivity contribution < 1.29 is 9.21 Å². The highest BCUT2D eigenvalue weighted by Crippen LogP contribution is 2.30. The molecular weight excluding hydrogens is 368 g/mol. The average molecular weight is 389 g/mol. The van der Waals surface area contributed by atoms with E-state index >= 15 is 0 Å². The van der Waals surface area contributed by atoms with E-state index in [-0.39, 0.29) is 12.3 Å².